The number of hydrogen-bond acceptors (Lipinski definition) is 5. The van der Waals surface area contributed by atoms with Crippen molar-refractivity contribution in [3.05, 3.63) is 79.3 Å². The van der Waals surface area contributed by atoms with E-state index in [1.165, 1.54) is 30.3 Å². The molecular formula is C18H12Cl2N2O5. The summed E-state index contributed by atoms with van der Waals surface area (Å²) in [5.74, 6) is -2.41. The van der Waals surface area contributed by atoms with Crippen LogP contribution in [0.5, 0.6) is 0 Å². The zero-order chi connectivity index (χ0) is 19.7. The first-order chi connectivity index (χ1) is 12.8. The minimum atomic E-state index is -1.36. The Kier molecular flexibility index (Phi) is 5.25. The Balaban J connectivity index is 2.06. The summed E-state index contributed by atoms with van der Waals surface area (Å²) in [5, 5.41) is 11.6. The minimum Gasteiger partial charge on any atom is -0.301 e. The van der Waals surface area contributed by atoms with Crippen molar-refractivity contribution in [2.45, 2.75) is 12.0 Å². The van der Waals surface area contributed by atoms with Crippen molar-refractivity contribution in [3.63, 3.8) is 0 Å². The third-order valence-corrected chi connectivity index (χ3v) is 5.13. The number of halogens is 2. The van der Waals surface area contributed by atoms with Crippen LogP contribution in [-0.2, 0) is 4.79 Å². The predicted molar refractivity (Wildman–Crippen MR) is 97.9 cm³/mol. The molecule has 0 radical (unpaired) electrons. The smallest absolute Gasteiger partial charge is 0.262 e. The molecule has 138 valence electrons. The normalized spacial score (nSPS) is 15.4. The van der Waals surface area contributed by atoms with Gasteiger partial charge in [0.2, 0.25) is 6.54 Å². The molecule has 0 saturated heterocycles. The number of carbonyl (C=O) groups is 3. The second kappa shape index (κ2) is 7.46. The summed E-state index contributed by atoms with van der Waals surface area (Å²) < 4.78 is 0. The number of aldehydes is 1. The van der Waals surface area contributed by atoms with Crippen molar-refractivity contribution in [1.29, 1.82) is 0 Å². The number of rotatable bonds is 6. The van der Waals surface area contributed by atoms with Gasteiger partial charge in [-0.15, -0.1) is 0 Å². The maximum atomic E-state index is 12.7. The summed E-state index contributed by atoms with van der Waals surface area (Å²) >= 11 is 11.9. The fourth-order valence-electron chi connectivity index (χ4n) is 3.13. The van der Waals surface area contributed by atoms with Crippen molar-refractivity contribution < 1.29 is 19.3 Å². The van der Waals surface area contributed by atoms with Crippen molar-refractivity contribution in [1.82, 2.24) is 4.90 Å². The zero-order valence-corrected chi connectivity index (χ0v) is 15.2. The Bertz CT molecular complexity index is 928. The Labute approximate surface area is 163 Å². The highest BCUT2D eigenvalue weighted by molar-refractivity contribution is 6.42. The molecule has 1 aliphatic heterocycles. The monoisotopic (exact) mass is 406 g/mol. The van der Waals surface area contributed by atoms with Crippen LogP contribution in [0.15, 0.2) is 42.5 Å². The summed E-state index contributed by atoms with van der Waals surface area (Å²) in [5.41, 5.74) is 0.640. The highest BCUT2D eigenvalue weighted by atomic mass is 35.5. The third-order valence-electron chi connectivity index (χ3n) is 4.39. The highest BCUT2D eigenvalue weighted by Gasteiger charge is 2.44. The first-order valence-electron chi connectivity index (χ1n) is 7.84. The molecule has 3 rings (SSSR count). The largest absolute Gasteiger partial charge is 0.301 e. The van der Waals surface area contributed by atoms with Crippen LogP contribution in [0.25, 0.3) is 0 Å². The van der Waals surface area contributed by atoms with Crippen LogP contribution in [0, 0.1) is 10.1 Å². The van der Waals surface area contributed by atoms with E-state index in [9.17, 15) is 24.5 Å². The number of amides is 2. The van der Waals surface area contributed by atoms with Gasteiger partial charge in [0, 0.05) is 4.92 Å². The maximum absolute atomic E-state index is 12.7. The van der Waals surface area contributed by atoms with Crippen LogP contribution < -0.4 is 0 Å². The first kappa shape index (κ1) is 19.0. The summed E-state index contributed by atoms with van der Waals surface area (Å²) in [6.07, 6.45) is 0.373. The molecule has 0 N–H and O–H groups in total. The molecule has 27 heavy (non-hydrogen) atoms. The molecule has 0 aliphatic carbocycles. The van der Waals surface area contributed by atoms with Crippen LogP contribution in [-0.4, -0.2) is 40.5 Å². The van der Waals surface area contributed by atoms with Crippen LogP contribution in [0.3, 0.4) is 0 Å². The van der Waals surface area contributed by atoms with Crippen molar-refractivity contribution in [3.8, 4) is 0 Å². The van der Waals surface area contributed by atoms with E-state index in [4.69, 9.17) is 23.2 Å². The molecule has 2 atom stereocenters. The van der Waals surface area contributed by atoms with Gasteiger partial charge in [-0.25, -0.2) is 0 Å². The van der Waals surface area contributed by atoms with Gasteiger partial charge in [-0.2, -0.15) is 0 Å². The number of hydrogen-bond donors (Lipinski definition) is 0. The van der Waals surface area contributed by atoms with E-state index in [-0.39, 0.29) is 21.2 Å². The number of nitrogens with zero attached hydrogens (tertiary/aromatic N) is 2. The SMILES string of the molecule is O=C[C@@H]([C@@H](C[N+](=O)[O-])c1ccc(Cl)c(Cl)c1)N1C(=O)c2ccccc2C1=O. The third kappa shape index (κ3) is 3.43. The van der Waals surface area contributed by atoms with Crippen LogP contribution >= 0.6 is 23.2 Å². The van der Waals surface area contributed by atoms with Crippen molar-refractivity contribution in [2.24, 2.45) is 0 Å². The maximum Gasteiger partial charge on any atom is 0.262 e. The second-order valence-corrected chi connectivity index (χ2v) is 6.76. The average Bonchev–Trinajstić information content (AvgIpc) is 2.89. The average molecular weight is 407 g/mol. The summed E-state index contributed by atoms with van der Waals surface area (Å²) in [6, 6.07) is 9.09. The van der Waals surface area contributed by atoms with E-state index in [0.29, 0.717) is 11.8 Å². The number of carbonyl (C=O) groups excluding carboxylic acids is 3. The van der Waals surface area contributed by atoms with Gasteiger partial charge in [0.05, 0.1) is 27.1 Å². The van der Waals surface area contributed by atoms with Crippen LogP contribution in [0.4, 0.5) is 0 Å². The summed E-state index contributed by atoms with van der Waals surface area (Å²) in [6.45, 7) is -0.672. The van der Waals surface area contributed by atoms with Gasteiger partial charge < -0.3 is 4.79 Å². The highest BCUT2D eigenvalue weighted by Crippen LogP contribution is 2.33. The lowest BCUT2D eigenvalue weighted by atomic mass is 9.91. The number of benzene rings is 2. The Hall–Kier alpha value is -2.77. The standard InChI is InChI=1S/C18H12Cl2N2O5/c19-14-6-5-10(7-15(14)20)13(8-21(26)27)16(9-23)22-17(24)11-3-1-2-4-12(11)18(22)25/h1-7,9,13,16H,8H2/t13-,16-/m0/s1. The van der Waals surface area contributed by atoms with Crippen molar-refractivity contribution >= 4 is 41.3 Å². The van der Waals surface area contributed by atoms with E-state index in [2.05, 4.69) is 0 Å². The molecule has 9 heteroatoms. The van der Waals surface area contributed by atoms with Gasteiger partial charge in [-0.1, -0.05) is 41.4 Å². The van der Waals surface area contributed by atoms with E-state index >= 15 is 0 Å². The molecule has 0 saturated carbocycles. The molecule has 2 aromatic carbocycles. The lowest BCUT2D eigenvalue weighted by Crippen LogP contribution is -2.46. The molecule has 0 fully saturated rings. The fourth-order valence-corrected chi connectivity index (χ4v) is 3.44. The van der Waals surface area contributed by atoms with Gasteiger partial charge in [0.15, 0.2) is 0 Å². The molecule has 0 spiro atoms. The zero-order valence-electron chi connectivity index (χ0n) is 13.7. The number of nitro groups is 1. The predicted octanol–water partition coefficient (Wildman–Crippen LogP) is 3.22. The van der Waals surface area contributed by atoms with E-state index in [1.54, 1.807) is 12.1 Å². The fraction of sp³-hybridized carbons (Fsp3) is 0.167. The quantitative estimate of drug-likeness (QED) is 0.317. The molecule has 2 aromatic rings. The Morgan fingerprint density at radius 2 is 1.63 bits per heavy atom. The van der Waals surface area contributed by atoms with Gasteiger partial charge in [0.1, 0.15) is 12.3 Å². The van der Waals surface area contributed by atoms with E-state index < -0.39 is 35.2 Å². The van der Waals surface area contributed by atoms with E-state index in [0.717, 1.165) is 4.90 Å². The van der Waals surface area contributed by atoms with Gasteiger partial charge >= 0.3 is 0 Å². The Morgan fingerprint density at radius 1 is 1.04 bits per heavy atom. The minimum absolute atomic E-state index is 0.148. The lowest BCUT2D eigenvalue weighted by Gasteiger charge is -2.27. The summed E-state index contributed by atoms with van der Waals surface area (Å²) in [7, 11) is 0. The molecule has 1 heterocycles. The first-order valence-corrected chi connectivity index (χ1v) is 8.59. The number of imide groups is 1. The lowest BCUT2D eigenvalue weighted by molar-refractivity contribution is -0.484. The van der Waals surface area contributed by atoms with Gasteiger partial charge in [0.25, 0.3) is 11.8 Å². The molecule has 2 amide bonds. The molecule has 0 unspecified atom stereocenters. The summed E-state index contributed by atoms with van der Waals surface area (Å²) in [4.78, 5) is 48.6. The van der Waals surface area contributed by atoms with E-state index in [1.807, 2.05) is 0 Å². The molecule has 0 bridgehead atoms. The Morgan fingerprint density at radius 3 is 2.11 bits per heavy atom. The van der Waals surface area contributed by atoms with Gasteiger partial charge in [-0.3, -0.25) is 24.6 Å². The van der Waals surface area contributed by atoms with Crippen LogP contribution in [0.1, 0.15) is 32.2 Å². The molecule has 0 aromatic heterocycles. The van der Waals surface area contributed by atoms with Crippen molar-refractivity contribution in [2.75, 3.05) is 6.54 Å². The number of fused-ring (bicyclic) bond motifs is 1. The second-order valence-electron chi connectivity index (χ2n) is 5.95. The van der Waals surface area contributed by atoms with Crippen LogP contribution in [0.2, 0.25) is 10.0 Å². The molecule has 7 nitrogen and oxygen atoms in total. The topological polar surface area (TPSA) is 97.6 Å². The molecule has 1 aliphatic rings. The molecular weight excluding hydrogens is 395 g/mol. The van der Waals surface area contributed by atoms with Gasteiger partial charge in [-0.05, 0) is 29.8 Å².